The molecular weight excluding hydrogens is 424 g/mol. The van der Waals surface area contributed by atoms with Crippen LogP contribution in [0.1, 0.15) is 65.2 Å². The number of furan rings is 1. The van der Waals surface area contributed by atoms with E-state index in [0.29, 0.717) is 0 Å². The van der Waals surface area contributed by atoms with Crippen LogP contribution in [0.15, 0.2) is 83.3 Å². The van der Waals surface area contributed by atoms with Crippen molar-refractivity contribution in [1.29, 1.82) is 0 Å². The van der Waals surface area contributed by atoms with E-state index < -0.39 is 0 Å². The first kappa shape index (κ1) is 23.4. The first-order valence-corrected chi connectivity index (χ1v) is 12.8. The van der Waals surface area contributed by atoms with Gasteiger partial charge in [0.25, 0.3) is 0 Å². The van der Waals surface area contributed by atoms with Crippen molar-refractivity contribution in [3.05, 3.63) is 95.6 Å². The lowest BCUT2D eigenvalue weighted by atomic mass is 9.78. The highest BCUT2D eigenvalue weighted by molar-refractivity contribution is 6.15. The van der Waals surface area contributed by atoms with Crippen molar-refractivity contribution in [2.24, 2.45) is 0 Å². The van der Waals surface area contributed by atoms with Gasteiger partial charge in [0.2, 0.25) is 0 Å². The highest BCUT2D eigenvalue weighted by atomic mass is 16.3. The summed E-state index contributed by atoms with van der Waals surface area (Å²) >= 11 is 0. The Hall–Kier alpha value is -3.32. The average molecular weight is 461 g/mol. The summed E-state index contributed by atoms with van der Waals surface area (Å²) in [5.41, 5.74) is 11.2. The van der Waals surface area contributed by atoms with Gasteiger partial charge in [0.15, 0.2) is 0 Å². The van der Waals surface area contributed by atoms with Crippen molar-refractivity contribution in [2.75, 3.05) is 0 Å². The molecule has 0 spiro atoms. The lowest BCUT2D eigenvalue weighted by Crippen LogP contribution is -2.16. The molecule has 0 bridgehead atoms. The maximum absolute atomic E-state index is 6.40. The van der Waals surface area contributed by atoms with E-state index in [2.05, 4.69) is 127 Å². The molecule has 4 aromatic carbocycles. The van der Waals surface area contributed by atoms with Crippen LogP contribution in [0.3, 0.4) is 0 Å². The molecule has 1 nitrogen and oxygen atoms in total. The zero-order valence-corrected chi connectivity index (χ0v) is 22.1. The van der Waals surface area contributed by atoms with E-state index >= 15 is 0 Å². The van der Waals surface area contributed by atoms with E-state index in [9.17, 15) is 0 Å². The van der Waals surface area contributed by atoms with Gasteiger partial charge in [-0.2, -0.15) is 0 Å². The van der Waals surface area contributed by atoms with Crippen molar-refractivity contribution >= 4 is 21.9 Å². The number of rotatable bonds is 3. The Kier molecular flexibility index (Phi) is 5.63. The van der Waals surface area contributed by atoms with Gasteiger partial charge in [-0.25, -0.2) is 0 Å². The molecule has 35 heavy (non-hydrogen) atoms. The standard InChI is InChI=1S/C34H36O/c1-8-26-27(23-19-24(33(2,3)4)21-25(20-23)34(5,6)7)17-18-30-31(26)32-28(15-12-16-29(32)35-30)22-13-10-9-11-14-22/h9-21H,8H2,1-7H3. The van der Waals surface area contributed by atoms with Crippen LogP contribution in [0.5, 0.6) is 0 Å². The molecule has 0 saturated heterocycles. The Labute approximate surface area is 209 Å². The molecule has 0 amide bonds. The molecule has 0 aliphatic carbocycles. The van der Waals surface area contributed by atoms with Crippen LogP contribution in [-0.2, 0) is 17.3 Å². The third-order valence-corrected chi connectivity index (χ3v) is 7.19. The van der Waals surface area contributed by atoms with Crippen LogP contribution < -0.4 is 0 Å². The topological polar surface area (TPSA) is 13.1 Å². The molecule has 178 valence electrons. The van der Waals surface area contributed by atoms with E-state index in [0.717, 1.165) is 17.6 Å². The molecule has 0 radical (unpaired) electrons. The molecule has 0 atom stereocenters. The molecule has 0 fully saturated rings. The van der Waals surface area contributed by atoms with Gasteiger partial charge < -0.3 is 4.42 Å². The largest absolute Gasteiger partial charge is 0.456 e. The summed E-state index contributed by atoms with van der Waals surface area (Å²) in [6.45, 7) is 16.1. The second-order valence-corrected chi connectivity index (χ2v) is 11.8. The Morgan fingerprint density at radius 2 is 1.20 bits per heavy atom. The number of hydrogen-bond acceptors (Lipinski definition) is 1. The fourth-order valence-corrected chi connectivity index (χ4v) is 5.12. The maximum Gasteiger partial charge on any atom is 0.136 e. The summed E-state index contributed by atoms with van der Waals surface area (Å²) in [6, 6.07) is 28.7. The number of hydrogen-bond donors (Lipinski definition) is 0. The van der Waals surface area contributed by atoms with Gasteiger partial charge in [0, 0.05) is 10.8 Å². The first-order chi connectivity index (χ1) is 16.6. The monoisotopic (exact) mass is 460 g/mol. The molecule has 1 aromatic heterocycles. The molecule has 0 N–H and O–H groups in total. The summed E-state index contributed by atoms with van der Waals surface area (Å²) in [7, 11) is 0. The highest BCUT2D eigenvalue weighted by Crippen LogP contribution is 2.43. The maximum atomic E-state index is 6.40. The molecule has 0 aliphatic heterocycles. The van der Waals surface area contributed by atoms with Crippen molar-refractivity contribution < 1.29 is 4.42 Å². The molecular formula is C34H36O. The Morgan fingerprint density at radius 1 is 0.571 bits per heavy atom. The van der Waals surface area contributed by atoms with Crippen molar-refractivity contribution in [3.63, 3.8) is 0 Å². The Morgan fingerprint density at radius 3 is 1.80 bits per heavy atom. The van der Waals surface area contributed by atoms with Crippen molar-refractivity contribution in [2.45, 2.75) is 65.7 Å². The molecule has 5 rings (SSSR count). The van der Waals surface area contributed by atoms with Crippen LogP contribution in [0.25, 0.3) is 44.2 Å². The van der Waals surface area contributed by atoms with E-state index in [1.807, 2.05) is 0 Å². The average Bonchev–Trinajstić information content (AvgIpc) is 3.21. The fourth-order valence-electron chi connectivity index (χ4n) is 5.12. The Balaban J connectivity index is 1.85. The van der Waals surface area contributed by atoms with Gasteiger partial charge in [-0.3, -0.25) is 0 Å². The zero-order valence-electron chi connectivity index (χ0n) is 22.1. The second-order valence-electron chi connectivity index (χ2n) is 11.8. The number of benzene rings is 4. The van der Waals surface area contributed by atoms with Crippen LogP contribution in [0.2, 0.25) is 0 Å². The normalized spacial score (nSPS) is 12.5. The SMILES string of the molecule is CCc1c(-c2cc(C(C)(C)C)cc(C(C)(C)C)c2)ccc2oc3cccc(-c4ccccc4)c3c12. The summed E-state index contributed by atoms with van der Waals surface area (Å²) in [6.07, 6.45) is 0.940. The van der Waals surface area contributed by atoms with Crippen molar-refractivity contribution in [1.82, 2.24) is 0 Å². The van der Waals surface area contributed by atoms with Gasteiger partial charge in [-0.15, -0.1) is 0 Å². The fraction of sp³-hybridized carbons (Fsp3) is 0.294. The molecule has 5 aromatic rings. The van der Waals surface area contributed by atoms with Gasteiger partial charge in [0.05, 0.1) is 0 Å². The summed E-state index contributed by atoms with van der Waals surface area (Å²) in [5.74, 6) is 0. The van der Waals surface area contributed by atoms with Crippen molar-refractivity contribution in [3.8, 4) is 22.3 Å². The van der Waals surface area contributed by atoms with Crippen LogP contribution >= 0.6 is 0 Å². The van der Waals surface area contributed by atoms with Crippen LogP contribution in [-0.4, -0.2) is 0 Å². The number of aryl methyl sites for hydroxylation is 1. The Bertz CT molecular complexity index is 1490. The van der Waals surface area contributed by atoms with Gasteiger partial charge in [-0.1, -0.05) is 115 Å². The lowest BCUT2D eigenvalue weighted by Gasteiger charge is -2.26. The molecule has 1 heterocycles. The lowest BCUT2D eigenvalue weighted by molar-refractivity contribution is 0.569. The smallest absolute Gasteiger partial charge is 0.136 e. The van der Waals surface area contributed by atoms with E-state index in [4.69, 9.17) is 4.42 Å². The molecule has 1 heteroatoms. The van der Waals surface area contributed by atoms with Crippen LogP contribution in [0.4, 0.5) is 0 Å². The van der Waals surface area contributed by atoms with Crippen LogP contribution in [0, 0.1) is 0 Å². The minimum atomic E-state index is 0.0787. The second kappa shape index (κ2) is 8.41. The minimum absolute atomic E-state index is 0.0787. The zero-order chi connectivity index (χ0) is 25.0. The third kappa shape index (κ3) is 4.18. The van der Waals surface area contributed by atoms with E-state index in [1.165, 1.54) is 49.7 Å². The summed E-state index contributed by atoms with van der Waals surface area (Å²) in [5, 5.41) is 2.47. The predicted molar refractivity (Wildman–Crippen MR) is 151 cm³/mol. The predicted octanol–water partition coefficient (Wildman–Crippen LogP) is 10.1. The first-order valence-electron chi connectivity index (χ1n) is 12.8. The van der Waals surface area contributed by atoms with Gasteiger partial charge in [-0.05, 0) is 68.3 Å². The van der Waals surface area contributed by atoms with E-state index in [-0.39, 0.29) is 10.8 Å². The molecule has 0 saturated carbocycles. The van der Waals surface area contributed by atoms with E-state index in [1.54, 1.807) is 0 Å². The third-order valence-electron chi connectivity index (χ3n) is 7.19. The minimum Gasteiger partial charge on any atom is -0.456 e. The quantitative estimate of drug-likeness (QED) is 0.261. The summed E-state index contributed by atoms with van der Waals surface area (Å²) < 4.78 is 6.40. The molecule has 0 unspecified atom stereocenters. The summed E-state index contributed by atoms with van der Waals surface area (Å²) in [4.78, 5) is 0. The molecule has 0 aliphatic rings. The van der Waals surface area contributed by atoms with Gasteiger partial charge >= 0.3 is 0 Å². The highest BCUT2D eigenvalue weighted by Gasteiger charge is 2.23. The van der Waals surface area contributed by atoms with Gasteiger partial charge in [0.1, 0.15) is 11.2 Å². The number of fused-ring (bicyclic) bond motifs is 3.